The van der Waals surface area contributed by atoms with Crippen LogP contribution in [0.2, 0.25) is 0 Å². The molecular formula is C33H38N4O2. The Labute approximate surface area is 231 Å². The van der Waals surface area contributed by atoms with Gasteiger partial charge in [0.15, 0.2) is 0 Å². The quantitative estimate of drug-likeness (QED) is 0.287. The molecule has 39 heavy (non-hydrogen) atoms. The SMILES string of the molecule is CC(C)(C)OC(=O)N1CCN(CCc2cn(C(c3ccccc3)(c3ccccc3)c3ccccc3)cn2)CC1. The van der Waals surface area contributed by atoms with E-state index in [1.165, 1.54) is 16.7 Å². The Bertz CT molecular complexity index is 1240. The van der Waals surface area contributed by atoms with Crippen LogP contribution in [-0.4, -0.2) is 63.8 Å². The summed E-state index contributed by atoms with van der Waals surface area (Å²) in [5.74, 6) is 0. The molecular weight excluding hydrogens is 484 g/mol. The molecule has 202 valence electrons. The van der Waals surface area contributed by atoms with E-state index >= 15 is 0 Å². The molecule has 1 fully saturated rings. The maximum absolute atomic E-state index is 12.4. The van der Waals surface area contributed by atoms with Crippen molar-refractivity contribution in [1.82, 2.24) is 19.4 Å². The molecule has 1 amide bonds. The van der Waals surface area contributed by atoms with Gasteiger partial charge in [0.05, 0.1) is 12.0 Å². The van der Waals surface area contributed by atoms with Crippen LogP contribution in [0.25, 0.3) is 0 Å². The van der Waals surface area contributed by atoms with E-state index in [2.05, 4.69) is 107 Å². The number of amides is 1. The van der Waals surface area contributed by atoms with Crippen LogP contribution in [-0.2, 0) is 16.7 Å². The monoisotopic (exact) mass is 522 g/mol. The maximum Gasteiger partial charge on any atom is 0.410 e. The highest BCUT2D eigenvalue weighted by Crippen LogP contribution is 2.40. The number of ether oxygens (including phenoxy) is 1. The Morgan fingerprint density at radius 1 is 0.769 bits per heavy atom. The third kappa shape index (κ3) is 5.91. The summed E-state index contributed by atoms with van der Waals surface area (Å²) < 4.78 is 7.81. The molecule has 0 bridgehead atoms. The van der Waals surface area contributed by atoms with Crippen LogP contribution in [0.4, 0.5) is 4.79 Å². The molecule has 4 aromatic rings. The second-order valence-electron chi connectivity index (χ2n) is 11.1. The summed E-state index contributed by atoms with van der Waals surface area (Å²) in [7, 11) is 0. The highest BCUT2D eigenvalue weighted by Gasteiger charge is 2.38. The number of hydrogen-bond donors (Lipinski definition) is 0. The van der Waals surface area contributed by atoms with Crippen molar-refractivity contribution in [2.24, 2.45) is 0 Å². The van der Waals surface area contributed by atoms with Crippen molar-refractivity contribution in [1.29, 1.82) is 0 Å². The van der Waals surface area contributed by atoms with E-state index in [1.54, 1.807) is 0 Å². The van der Waals surface area contributed by atoms with E-state index in [9.17, 15) is 4.79 Å². The first kappa shape index (κ1) is 26.7. The molecule has 3 aromatic carbocycles. The topological polar surface area (TPSA) is 50.6 Å². The minimum Gasteiger partial charge on any atom is -0.444 e. The van der Waals surface area contributed by atoms with Gasteiger partial charge in [0, 0.05) is 45.3 Å². The van der Waals surface area contributed by atoms with Crippen LogP contribution in [0.15, 0.2) is 104 Å². The number of imidazole rings is 1. The molecule has 0 unspecified atom stereocenters. The van der Waals surface area contributed by atoms with Gasteiger partial charge in [-0.3, -0.25) is 4.90 Å². The lowest BCUT2D eigenvalue weighted by atomic mass is 9.77. The summed E-state index contributed by atoms with van der Waals surface area (Å²) in [5, 5.41) is 0. The Hall–Kier alpha value is -3.90. The molecule has 1 aromatic heterocycles. The zero-order valence-electron chi connectivity index (χ0n) is 23.2. The van der Waals surface area contributed by atoms with Gasteiger partial charge >= 0.3 is 6.09 Å². The number of aromatic nitrogens is 2. The molecule has 6 nitrogen and oxygen atoms in total. The summed E-state index contributed by atoms with van der Waals surface area (Å²) >= 11 is 0. The van der Waals surface area contributed by atoms with Crippen molar-refractivity contribution in [3.8, 4) is 0 Å². The highest BCUT2D eigenvalue weighted by atomic mass is 16.6. The van der Waals surface area contributed by atoms with Crippen LogP contribution in [0.3, 0.4) is 0 Å². The van der Waals surface area contributed by atoms with E-state index in [0.29, 0.717) is 13.1 Å². The molecule has 0 atom stereocenters. The van der Waals surface area contributed by atoms with Crippen molar-refractivity contribution < 1.29 is 9.53 Å². The Balaban J connectivity index is 1.37. The van der Waals surface area contributed by atoms with E-state index in [4.69, 9.17) is 9.72 Å². The third-order valence-corrected chi connectivity index (χ3v) is 7.31. The Morgan fingerprint density at radius 2 is 1.26 bits per heavy atom. The van der Waals surface area contributed by atoms with Gasteiger partial charge in [-0.1, -0.05) is 91.0 Å². The number of hydrogen-bond acceptors (Lipinski definition) is 4. The zero-order chi connectivity index (χ0) is 27.3. The van der Waals surface area contributed by atoms with Crippen LogP contribution < -0.4 is 0 Å². The maximum atomic E-state index is 12.4. The minimum atomic E-state index is -0.548. The van der Waals surface area contributed by atoms with E-state index in [1.807, 2.05) is 32.0 Å². The lowest BCUT2D eigenvalue weighted by molar-refractivity contribution is 0.0146. The molecule has 1 saturated heterocycles. The number of carbonyl (C=O) groups is 1. The Morgan fingerprint density at radius 3 is 1.72 bits per heavy atom. The van der Waals surface area contributed by atoms with Crippen molar-refractivity contribution >= 4 is 6.09 Å². The molecule has 1 aliphatic rings. The van der Waals surface area contributed by atoms with Crippen molar-refractivity contribution in [3.05, 3.63) is 126 Å². The van der Waals surface area contributed by atoms with Crippen molar-refractivity contribution in [2.45, 2.75) is 38.3 Å². The van der Waals surface area contributed by atoms with Crippen LogP contribution in [0.5, 0.6) is 0 Å². The average Bonchev–Trinajstić information content (AvgIpc) is 3.43. The summed E-state index contributed by atoms with van der Waals surface area (Å²) in [6, 6.07) is 32.0. The number of carbonyl (C=O) groups excluding carboxylic acids is 1. The van der Waals surface area contributed by atoms with Gasteiger partial charge in [-0.05, 0) is 37.5 Å². The molecule has 0 radical (unpaired) electrons. The summed E-state index contributed by atoms with van der Waals surface area (Å²) in [5.41, 5.74) is 3.59. The Kier molecular flexibility index (Phi) is 7.84. The molecule has 0 saturated carbocycles. The van der Waals surface area contributed by atoms with E-state index in [0.717, 1.165) is 31.7 Å². The van der Waals surface area contributed by atoms with Crippen molar-refractivity contribution in [3.63, 3.8) is 0 Å². The number of nitrogens with zero attached hydrogens (tertiary/aromatic N) is 4. The predicted molar refractivity (Wildman–Crippen MR) is 155 cm³/mol. The summed E-state index contributed by atoms with van der Waals surface area (Å²) in [6.45, 7) is 9.65. The van der Waals surface area contributed by atoms with Gasteiger partial charge in [-0.15, -0.1) is 0 Å². The van der Waals surface area contributed by atoms with Crippen molar-refractivity contribution in [2.75, 3.05) is 32.7 Å². The third-order valence-electron chi connectivity index (χ3n) is 7.31. The zero-order valence-corrected chi connectivity index (χ0v) is 23.2. The first-order valence-corrected chi connectivity index (χ1v) is 13.8. The molecule has 0 N–H and O–H groups in total. The van der Waals surface area contributed by atoms with Gasteiger partial charge < -0.3 is 14.2 Å². The second kappa shape index (κ2) is 11.5. The second-order valence-corrected chi connectivity index (χ2v) is 11.1. The summed E-state index contributed by atoms with van der Waals surface area (Å²) in [4.78, 5) is 21.5. The highest BCUT2D eigenvalue weighted by molar-refractivity contribution is 5.68. The van der Waals surface area contributed by atoms with Crippen LogP contribution >= 0.6 is 0 Å². The number of benzene rings is 3. The fourth-order valence-electron chi connectivity index (χ4n) is 5.41. The lowest BCUT2D eigenvalue weighted by Crippen LogP contribution is -2.50. The molecule has 2 heterocycles. The molecule has 6 heteroatoms. The number of piperazine rings is 1. The average molecular weight is 523 g/mol. The predicted octanol–water partition coefficient (Wildman–Crippen LogP) is 5.82. The van der Waals surface area contributed by atoms with Gasteiger partial charge in [0.2, 0.25) is 0 Å². The molecule has 1 aliphatic heterocycles. The molecule has 5 rings (SSSR count). The largest absolute Gasteiger partial charge is 0.444 e. The van der Waals surface area contributed by atoms with E-state index in [-0.39, 0.29) is 6.09 Å². The smallest absolute Gasteiger partial charge is 0.410 e. The van der Waals surface area contributed by atoms with Gasteiger partial charge in [0.25, 0.3) is 0 Å². The van der Waals surface area contributed by atoms with Crippen LogP contribution in [0.1, 0.15) is 43.2 Å². The lowest BCUT2D eigenvalue weighted by Gasteiger charge is -2.37. The standard InChI is InChI=1S/C33H38N4O2/c1-32(2,3)39-31(38)36-23-21-35(22-24-36)20-19-30-25-37(26-34-30)33(27-13-7-4-8-14-27,28-15-9-5-10-16-28)29-17-11-6-12-18-29/h4-18,25-26H,19-24H2,1-3H3. The minimum absolute atomic E-state index is 0.222. The number of rotatable bonds is 7. The van der Waals surface area contributed by atoms with Crippen LogP contribution in [0, 0.1) is 0 Å². The van der Waals surface area contributed by atoms with Gasteiger partial charge in [-0.25, -0.2) is 9.78 Å². The fraction of sp³-hybridized carbons (Fsp3) is 0.333. The summed E-state index contributed by atoms with van der Waals surface area (Å²) in [6.07, 6.45) is 4.79. The van der Waals surface area contributed by atoms with Gasteiger partial charge in [-0.2, -0.15) is 0 Å². The van der Waals surface area contributed by atoms with E-state index < -0.39 is 11.1 Å². The first-order valence-electron chi connectivity index (χ1n) is 13.8. The normalized spacial score (nSPS) is 14.8. The molecule has 0 aliphatic carbocycles. The fourth-order valence-corrected chi connectivity index (χ4v) is 5.41. The first-order chi connectivity index (χ1) is 18.9. The van der Waals surface area contributed by atoms with Gasteiger partial charge in [0.1, 0.15) is 11.1 Å². The molecule has 0 spiro atoms.